The summed E-state index contributed by atoms with van der Waals surface area (Å²) in [5.41, 5.74) is 3.64. The molecule has 0 fully saturated rings. The number of carbonyl (C=O) groups is 1. The van der Waals surface area contributed by atoms with Crippen LogP contribution in [0.1, 0.15) is 39.8 Å². The lowest BCUT2D eigenvalue weighted by Gasteiger charge is -2.12. The lowest BCUT2D eigenvalue weighted by Crippen LogP contribution is -2.27. The molecule has 0 aliphatic heterocycles. The second-order valence-electron chi connectivity index (χ2n) is 7.09. The Kier molecular flexibility index (Phi) is 4.44. The highest BCUT2D eigenvalue weighted by Crippen LogP contribution is 2.30. The van der Waals surface area contributed by atoms with Crippen LogP contribution in [0.15, 0.2) is 71.4 Å². The lowest BCUT2D eigenvalue weighted by molar-refractivity contribution is 0.0927. The fraction of sp³-hybridized carbons (Fsp3) is 0.174. The third-order valence-corrected chi connectivity index (χ3v) is 5.19. The van der Waals surface area contributed by atoms with Gasteiger partial charge in [-0.1, -0.05) is 35.5 Å². The number of nitrogens with one attached hydrogen (secondary N) is 1. The van der Waals surface area contributed by atoms with Gasteiger partial charge in [-0.2, -0.15) is 0 Å². The Morgan fingerprint density at radius 1 is 1.14 bits per heavy atom. The first-order valence-electron chi connectivity index (χ1n) is 9.58. The molecular weight excluding hydrogens is 366 g/mol. The Labute approximate surface area is 167 Å². The van der Waals surface area contributed by atoms with Crippen LogP contribution in [0.25, 0.3) is 10.9 Å². The monoisotopic (exact) mass is 385 g/mol. The molecule has 2 aromatic carbocycles. The first kappa shape index (κ1) is 17.4. The van der Waals surface area contributed by atoms with E-state index < -0.39 is 0 Å². The number of nitrogens with zero attached hydrogens (tertiary/aromatic N) is 2. The van der Waals surface area contributed by atoms with E-state index in [0.29, 0.717) is 11.5 Å². The quantitative estimate of drug-likeness (QED) is 0.557. The molecular formula is C23H19N3O3. The summed E-state index contributed by atoms with van der Waals surface area (Å²) in [7, 11) is 0. The van der Waals surface area contributed by atoms with Crippen LogP contribution in [-0.2, 0) is 13.0 Å². The van der Waals surface area contributed by atoms with Crippen LogP contribution in [0.2, 0.25) is 0 Å². The zero-order valence-electron chi connectivity index (χ0n) is 15.7. The summed E-state index contributed by atoms with van der Waals surface area (Å²) in [4.78, 5) is 16.9. The van der Waals surface area contributed by atoms with Gasteiger partial charge in [-0.15, -0.1) is 0 Å². The molecule has 1 aliphatic carbocycles. The van der Waals surface area contributed by atoms with E-state index in [0.717, 1.165) is 23.7 Å². The summed E-state index contributed by atoms with van der Waals surface area (Å²) in [6, 6.07) is 19.4. The Bertz CT molecular complexity index is 1180. The molecule has 1 atom stereocenters. The van der Waals surface area contributed by atoms with E-state index in [1.165, 1.54) is 11.1 Å². The molecule has 1 amide bonds. The largest absolute Gasteiger partial charge is 0.486 e. The molecule has 0 saturated carbocycles. The van der Waals surface area contributed by atoms with Gasteiger partial charge in [0.15, 0.2) is 11.5 Å². The van der Waals surface area contributed by atoms with Crippen molar-refractivity contribution in [2.75, 3.05) is 0 Å². The highest BCUT2D eigenvalue weighted by Gasteiger charge is 2.25. The number of carbonyl (C=O) groups excluding carboxylic acids is 1. The first-order valence-corrected chi connectivity index (χ1v) is 9.58. The minimum atomic E-state index is -0.238. The molecule has 0 spiro atoms. The summed E-state index contributed by atoms with van der Waals surface area (Å²) in [6.45, 7) is 0.193. The summed E-state index contributed by atoms with van der Waals surface area (Å²) < 4.78 is 11.1. The van der Waals surface area contributed by atoms with Crippen LogP contribution in [-0.4, -0.2) is 16.0 Å². The van der Waals surface area contributed by atoms with Crippen molar-refractivity contribution in [2.24, 2.45) is 0 Å². The lowest BCUT2D eigenvalue weighted by atomic mass is 10.1. The van der Waals surface area contributed by atoms with Crippen molar-refractivity contribution in [3.63, 3.8) is 0 Å². The summed E-state index contributed by atoms with van der Waals surface area (Å²) >= 11 is 0. The maximum atomic E-state index is 12.6. The number of aromatic nitrogens is 2. The maximum Gasteiger partial charge on any atom is 0.273 e. The van der Waals surface area contributed by atoms with Gasteiger partial charge in [0.2, 0.25) is 0 Å². The predicted octanol–water partition coefficient (Wildman–Crippen LogP) is 4.22. The molecule has 0 bridgehead atoms. The van der Waals surface area contributed by atoms with Gasteiger partial charge >= 0.3 is 0 Å². The molecule has 4 aromatic rings. The van der Waals surface area contributed by atoms with Crippen molar-refractivity contribution >= 4 is 16.8 Å². The smallest absolute Gasteiger partial charge is 0.273 e. The van der Waals surface area contributed by atoms with Crippen LogP contribution in [0.4, 0.5) is 0 Å². The number of pyridine rings is 1. The van der Waals surface area contributed by atoms with Crippen molar-refractivity contribution in [1.29, 1.82) is 0 Å². The fourth-order valence-corrected chi connectivity index (χ4v) is 3.73. The Morgan fingerprint density at radius 3 is 3.03 bits per heavy atom. The van der Waals surface area contributed by atoms with Gasteiger partial charge < -0.3 is 14.6 Å². The van der Waals surface area contributed by atoms with Crippen LogP contribution >= 0.6 is 0 Å². The van der Waals surface area contributed by atoms with Gasteiger partial charge in [-0.25, -0.2) is 0 Å². The number of hydrogen-bond donors (Lipinski definition) is 1. The van der Waals surface area contributed by atoms with Gasteiger partial charge in [0.05, 0.1) is 11.6 Å². The minimum absolute atomic E-state index is 0.0151. The molecule has 1 N–H and O–H groups in total. The van der Waals surface area contributed by atoms with E-state index >= 15 is 0 Å². The molecule has 29 heavy (non-hydrogen) atoms. The Hall–Kier alpha value is -3.67. The molecule has 5 rings (SSSR count). The fourth-order valence-electron chi connectivity index (χ4n) is 3.73. The number of hydrogen-bond acceptors (Lipinski definition) is 5. The third-order valence-electron chi connectivity index (χ3n) is 5.19. The predicted molar refractivity (Wildman–Crippen MR) is 108 cm³/mol. The van der Waals surface area contributed by atoms with Crippen LogP contribution < -0.4 is 10.1 Å². The maximum absolute atomic E-state index is 12.6. The number of aryl methyl sites for hydroxylation is 1. The van der Waals surface area contributed by atoms with Gasteiger partial charge in [0.1, 0.15) is 12.4 Å². The minimum Gasteiger partial charge on any atom is -0.486 e. The average molecular weight is 385 g/mol. The van der Waals surface area contributed by atoms with Crippen molar-refractivity contribution in [2.45, 2.75) is 25.5 Å². The second-order valence-corrected chi connectivity index (χ2v) is 7.09. The Balaban J connectivity index is 1.23. The molecule has 6 nitrogen and oxygen atoms in total. The highest BCUT2D eigenvalue weighted by atomic mass is 16.5. The van der Waals surface area contributed by atoms with Crippen LogP contribution in [0.5, 0.6) is 5.75 Å². The second kappa shape index (κ2) is 7.39. The van der Waals surface area contributed by atoms with Crippen molar-refractivity contribution in [1.82, 2.24) is 15.5 Å². The van der Waals surface area contributed by atoms with Crippen LogP contribution in [0, 0.1) is 0 Å². The van der Waals surface area contributed by atoms with Gasteiger partial charge in [-0.05, 0) is 48.2 Å². The number of ether oxygens (including phenoxy) is 1. The van der Waals surface area contributed by atoms with E-state index in [1.807, 2.05) is 42.5 Å². The third kappa shape index (κ3) is 3.57. The summed E-state index contributed by atoms with van der Waals surface area (Å²) in [5, 5.41) is 7.95. The normalized spacial score (nSPS) is 15.2. The van der Waals surface area contributed by atoms with Crippen molar-refractivity contribution < 1.29 is 14.1 Å². The van der Waals surface area contributed by atoms with Crippen molar-refractivity contribution in [3.8, 4) is 5.75 Å². The first-order chi connectivity index (χ1) is 14.3. The van der Waals surface area contributed by atoms with E-state index in [1.54, 1.807) is 12.3 Å². The summed E-state index contributed by atoms with van der Waals surface area (Å²) in [6.07, 6.45) is 3.63. The average Bonchev–Trinajstić information content (AvgIpc) is 3.40. The van der Waals surface area contributed by atoms with Gasteiger partial charge in [0.25, 0.3) is 5.91 Å². The molecule has 2 heterocycles. The van der Waals surface area contributed by atoms with E-state index in [9.17, 15) is 4.79 Å². The van der Waals surface area contributed by atoms with E-state index in [2.05, 4.69) is 27.6 Å². The van der Waals surface area contributed by atoms with Gasteiger partial charge in [0, 0.05) is 17.6 Å². The standard InChI is InChI=1S/C23H19N3O3/c27-23(25-21-9-7-15-4-1-2-6-19(15)21)22-13-18(29-26-22)14-28-17-8-10-20-16(12-17)5-3-11-24-20/h1-6,8,10-13,21H,7,9,14H2,(H,25,27)/t21-/m1/s1. The van der Waals surface area contributed by atoms with E-state index in [-0.39, 0.29) is 24.2 Å². The molecule has 1 aliphatic rings. The van der Waals surface area contributed by atoms with Crippen LogP contribution in [0.3, 0.4) is 0 Å². The number of amides is 1. The number of fused-ring (bicyclic) bond motifs is 2. The highest BCUT2D eigenvalue weighted by molar-refractivity contribution is 5.92. The molecule has 6 heteroatoms. The number of rotatable bonds is 5. The zero-order chi connectivity index (χ0) is 19.6. The Morgan fingerprint density at radius 2 is 2.07 bits per heavy atom. The molecule has 2 aromatic heterocycles. The van der Waals surface area contributed by atoms with Crippen molar-refractivity contribution in [3.05, 3.63) is 89.4 Å². The topological polar surface area (TPSA) is 77.2 Å². The van der Waals surface area contributed by atoms with E-state index in [4.69, 9.17) is 9.26 Å². The molecule has 144 valence electrons. The molecule has 0 saturated heterocycles. The number of benzene rings is 2. The summed E-state index contributed by atoms with van der Waals surface area (Å²) in [5.74, 6) is 0.960. The molecule has 0 unspecified atom stereocenters. The van der Waals surface area contributed by atoms with Gasteiger partial charge in [-0.3, -0.25) is 9.78 Å². The molecule has 0 radical (unpaired) electrons. The SMILES string of the molecule is O=C(N[C@@H]1CCc2ccccc21)c1cc(COc2ccc3ncccc3c2)on1. The zero-order valence-corrected chi connectivity index (χ0v) is 15.7.